The number of hydrogen-bond acceptors (Lipinski definition) is 3. The van der Waals surface area contributed by atoms with Gasteiger partial charge in [0, 0.05) is 13.5 Å². The first-order chi connectivity index (χ1) is 10.1. The maximum Gasteiger partial charge on any atom is 0.324 e. The molecule has 0 aliphatic carbocycles. The third-order valence-electron chi connectivity index (χ3n) is 4.06. The lowest BCUT2D eigenvalue weighted by atomic mass is 10.0. The molecule has 0 aromatic heterocycles. The topological polar surface area (TPSA) is 69.7 Å². The number of fused-ring (bicyclic) bond motifs is 1. The first-order valence-electron chi connectivity index (χ1n) is 7.01. The Morgan fingerprint density at radius 2 is 2.00 bits per heavy atom. The van der Waals surface area contributed by atoms with Crippen LogP contribution in [0.4, 0.5) is 4.79 Å². The smallest absolute Gasteiger partial charge is 0.324 e. The van der Waals surface area contributed by atoms with Gasteiger partial charge in [-0.3, -0.25) is 14.5 Å². The molecule has 6 nitrogen and oxygen atoms in total. The van der Waals surface area contributed by atoms with Gasteiger partial charge in [0.1, 0.15) is 6.04 Å². The predicted octanol–water partition coefficient (Wildman–Crippen LogP) is 0.728. The number of likely N-dealkylation sites (tertiary alicyclic amines) is 1. The monoisotopic (exact) mass is 287 g/mol. The van der Waals surface area contributed by atoms with Gasteiger partial charge in [-0.1, -0.05) is 30.3 Å². The molecule has 1 aromatic carbocycles. The highest BCUT2D eigenvalue weighted by atomic mass is 16.2. The largest absolute Gasteiger partial charge is 0.332 e. The van der Waals surface area contributed by atoms with Gasteiger partial charge in [0.05, 0.1) is 12.6 Å². The molecule has 0 radical (unpaired) electrons. The van der Waals surface area contributed by atoms with Crippen LogP contribution in [0.1, 0.15) is 18.9 Å². The maximum absolute atomic E-state index is 12.6. The summed E-state index contributed by atoms with van der Waals surface area (Å²) in [4.78, 5) is 39.1. The van der Waals surface area contributed by atoms with Crippen LogP contribution in [-0.4, -0.2) is 46.3 Å². The van der Waals surface area contributed by atoms with E-state index in [1.54, 1.807) is 4.90 Å². The van der Waals surface area contributed by atoms with E-state index in [2.05, 4.69) is 5.32 Å². The Balaban J connectivity index is 1.83. The number of hydrogen-bond donors (Lipinski definition) is 1. The van der Waals surface area contributed by atoms with Crippen molar-refractivity contribution < 1.29 is 14.4 Å². The maximum atomic E-state index is 12.6. The summed E-state index contributed by atoms with van der Waals surface area (Å²) >= 11 is 0. The van der Waals surface area contributed by atoms with Gasteiger partial charge in [0.25, 0.3) is 5.91 Å². The van der Waals surface area contributed by atoms with Gasteiger partial charge < -0.3 is 10.2 Å². The van der Waals surface area contributed by atoms with E-state index in [4.69, 9.17) is 0 Å². The van der Waals surface area contributed by atoms with Gasteiger partial charge in [-0.2, -0.15) is 0 Å². The second-order valence-corrected chi connectivity index (χ2v) is 5.41. The molecule has 2 heterocycles. The van der Waals surface area contributed by atoms with Crippen molar-refractivity contribution in [1.29, 1.82) is 0 Å². The third kappa shape index (κ3) is 2.37. The van der Waals surface area contributed by atoms with E-state index in [-0.39, 0.29) is 30.4 Å². The fraction of sp³-hybridized carbons (Fsp3) is 0.400. The van der Waals surface area contributed by atoms with Crippen molar-refractivity contribution in [1.82, 2.24) is 15.1 Å². The summed E-state index contributed by atoms with van der Waals surface area (Å²) in [7, 11) is 0. The van der Waals surface area contributed by atoms with E-state index >= 15 is 0 Å². The standard InChI is InChI=1S/C15H17N3O3/c1-10(19)17-8-7-12-13(17)14(20)18(15(21)16-12)9-11-5-3-2-4-6-11/h2-6,12-13H,7-9H2,1H3,(H,16,21)/t12-,13-/m0/s1. The van der Waals surface area contributed by atoms with Crippen LogP contribution in [0.3, 0.4) is 0 Å². The van der Waals surface area contributed by atoms with Crippen LogP contribution in [0.15, 0.2) is 30.3 Å². The highest BCUT2D eigenvalue weighted by molar-refractivity contribution is 6.02. The second kappa shape index (κ2) is 5.20. The fourth-order valence-electron chi connectivity index (χ4n) is 3.01. The van der Waals surface area contributed by atoms with E-state index in [1.807, 2.05) is 30.3 Å². The predicted molar refractivity (Wildman–Crippen MR) is 75.1 cm³/mol. The lowest BCUT2D eigenvalue weighted by molar-refractivity contribution is -0.143. The van der Waals surface area contributed by atoms with Crippen molar-refractivity contribution in [3.63, 3.8) is 0 Å². The average Bonchev–Trinajstić information content (AvgIpc) is 2.88. The molecular formula is C15H17N3O3. The van der Waals surface area contributed by atoms with Crippen LogP contribution in [0.2, 0.25) is 0 Å². The minimum absolute atomic E-state index is 0.133. The lowest BCUT2D eigenvalue weighted by Crippen LogP contribution is -2.64. The quantitative estimate of drug-likeness (QED) is 0.871. The van der Waals surface area contributed by atoms with Crippen LogP contribution in [0.25, 0.3) is 0 Å². The van der Waals surface area contributed by atoms with E-state index in [1.165, 1.54) is 11.8 Å². The number of benzene rings is 1. The van der Waals surface area contributed by atoms with Crippen molar-refractivity contribution in [2.24, 2.45) is 0 Å². The molecule has 0 saturated carbocycles. The van der Waals surface area contributed by atoms with E-state index in [0.717, 1.165) is 5.56 Å². The Morgan fingerprint density at radius 3 is 2.67 bits per heavy atom. The molecule has 4 amide bonds. The summed E-state index contributed by atoms with van der Waals surface area (Å²) in [5, 5.41) is 2.84. The fourth-order valence-corrected chi connectivity index (χ4v) is 3.01. The molecular weight excluding hydrogens is 270 g/mol. The van der Waals surface area contributed by atoms with Crippen LogP contribution in [0, 0.1) is 0 Å². The van der Waals surface area contributed by atoms with Gasteiger partial charge >= 0.3 is 6.03 Å². The molecule has 2 aliphatic rings. The van der Waals surface area contributed by atoms with Gasteiger partial charge in [0.2, 0.25) is 5.91 Å². The van der Waals surface area contributed by atoms with Gasteiger partial charge in [0.15, 0.2) is 0 Å². The molecule has 6 heteroatoms. The number of nitrogens with one attached hydrogen (secondary N) is 1. The number of nitrogens with zero attached hydrogens (tertiary/aromatic N) is 2. The molecule has 0 unspecified atom stereocenters. The number of carbonyl (C=O) groups is 3. The van der Waals surface area contributed by atoms with Gasteiger partial charge in [-0.25, -0.2) is 4.79 Å². The lowest BCUT2D eigenvalue weighted by Gasteiger charge is -2.36. The van der Waals surface area contributed by atoms with Gasteiger partial charge in [-0.05, 0) is 12.0 Å². The van der Waals surface area contributed by atoms with Crippen LogP contribution < -0.4 is 5.32 Å². The number of rotatable bonds is 2. The molecule has 0 spiro atoms. The normalized spacial score (nSPS) is 24.8. The second-order valence-electron chi connectivity index (χ2n) is 5.41. The summed E-state index contributed by atoms with van der Waals surface area (Å²) < 4.78 is 0. The Morgan fingerprint density at radius 1 is 1.29 bits per heavy atom. The molecule has 0 bridgehead atoms. The van der Waals surface area contributed by atoms with Gasteiger partial charge in [-0.15, -0.1) is 0 Å². The Kier molecular flexibility index (Phi) is 3.37. The molecule has 21 heavy (non-hydrogen) atoms. The summed E-state index contributed by atoms with van der Waals surface area (Å²) in [5.74, 6) is -0.424. The van der Waals surface area contributed by atoms with Crippen molar-refractivity contribution in [3.8, 4) is 0 Å². The molecule has 2 saturated heterocycles. The zero-order valence-electron chi connectivity index (χ0n) is 11.8. The van der Waals surface area contributed by atoms with E-state index in [9.17, 15) is 14.4 Å². The third-order valence-corrected chi connectivity index (χ3v) is 4.06. The van der Waals surface area contributed by atoms with Crippen molar-refractivity contribution in [2.45, 2.75) is 32.0 Å². The summed E-state index contributed by atoms with van der Waals surface area (Å²) in [6.07, 6.45) is 0.626. The summed E-state index contributed by atoms with van der Waals surface area (Å²) in [6, 6.07) is 8.13. The molecule has 1 aromatic rings. The van der Waals surface area contributed by atoms with Crippen molar-refractivity contribution >= 4 is 17.8 Å². The first-order valence-corrected chi connectivity index (χ1v) is 7.01. The Bertz CT molecular complexity index is 587. The van der Waals surface area contributed by atoms with Crippen molar-refractivity contribution in [3.05, 3.63) is 35.9 Å². The number of imide groups is 1. The zero-order chi connectivity index (χ0) is 15.0. The summed E-state index contributed by atoms with van der Waals surface area (Å²) in [6.45, 7) is 2.18. The molecule has 2 atom stereocenters. The van der Waals surface area contributed by atoms with Crippen molar-refractivity contribution in [2.75, 3.05) is 6.54 Å². The zero-order valence-corrected chi connectivity index (χ0v) is 11.8. The number of urea groups is 1. The average molecular weight is 287 g/mol. The first kappa shape index (κ1) is 13.6. The van der Waals surface area contributed by atoms with Crippen LogP contribution in [0.5, 0.6) is 0 Å². The highest BCUT2D eigenvalue weighted by Gasteiger charge is 2.48. The molecule has 2 fully saturated rings. The minimum Gasteiger partial charge on any atom is -0.332 e. The van der Waals surface area contributed by atoms with Crippen LogP contribution >= 0.6 is 0 Å². The summed E-state index contributed by atoms with van der Waals surface area (Å²) in [5.41, 5.74) is 0.881. The van der Waals surface area contributed by atoms with E-state index in [0.29, 0.717) is 13.0 Å². The number of carbonyl (C=O) groups excluding carboxylic acids is 3. The molecule has 1 N–H and O–H groups in total. The number of amides is 4. The minimum atomic E-state index is -0.566. The Labute approximate surface area is 122 Å². The molecule has 110 valence electrons. The Hall–Kier alpha value is -2.37. The SMILES string of the molecule is CC(=O)N1CC[C@@H]2NC(=O)N(Cc3ccccc3)C(=O)[C@H]21. The highest BCUT2D eigenvalue weighted by Crippen LogP contribution is 2.25. The van der Waals surface area contributed by atoms with Crippen LogP contribution in [-0.2, 0) is 16.1 Å². The van der Waals surface area contributed by atoms with E-state index < -0.39 is 6.04 Å². The molecule has 2 aliphatic heterocycles. The molecule has 3 rings (SSSR count).